The first kappa shape index (κ1) is 15.9. The van der Waals surface area contributed by atoms with Crippen LogP contribution in [0.5, 0.6) is 0 Å². The third-order valence-corrected chi connectivity index (χ3v) is 4.11. The van der Waals surface area contributed by atoms with Crippen LogP contribution >= 0.6 is 0 Å². The smallest absolute Gasteiger partial charge is 0.0890 e. The van der Waals surface area contributed by atoms with Gasteiger partial charge in [0.25, 0.3) is 0 Å². The topological polar surface area (TPSA) is 77.8 Å². The number of hydrogen-bond acceptors (Lipinski definition) is 4. The van der Waals surface area contributed by atoms with E-state index < -0.39 is 0 Å². The molecule has 0 spiro atoms. The second-order valence-electron chi connectivity index (χ2n) is 5.79. The summed E-state index contributed by atoms with van der Waals surface area (Å²) >= 11 is 0. The number of fused-ring (bicyclic) bond motifs is 1. The molecule has 2 rings (SSSR count). The summed E-state index contributed by atoms with van der Waals surface area (Å²) in [5, 5.41) is 0. The summed E-state index contributed by atoms with van der Waals surface area (Å²) < 4.78 is 0. The number of nitrogens with two attached hydrogens (primary N) is 2. The molecule has 1 heterocycles. The Morgan fingerprint density at radius 1 is 0.952 bits per heavy atom. The summed E-state index contributed by atoms with van der Waals surface area (Å²) in [5.74, 6) is 0.284. The van der Waals surface area contributed by atoms with E-state index in [0.717, 1.165) is 42.4 Å². The zero-order valence-electron chi connectivity index (χ0n) is 13.0. The molecule has 0 aliphatic rings. The van der Waals surface area contributed by atoms with Crippen LogP contribution in [0.4, 0.5) is 0 Å². The van der Waals surface area contributed by atoms with Crippen molar-refractivity contribution in [1.29, 1.82) is 0 Å². The van der Waals surface area contributed by atoms with Gasteiger partial charge in [-0.1, -0.05) is 26.0 Å². The van der Waals surface area contributed by atoms with Gasteiger partial charge in [-0.2, -0.15) is 0 Å². The molecule has 114 valence electrons. The van der Waals surface area contributed by atoms with Crippen molar-refractivity contribution in [2.45, 2.75) is 57.5 Å². The Labute approximate surface area is 127 Å². The third kappa shape index (κ3) is 4.22. The molecule has 0 saturated heterocycles. The Hall–Kier alpha value is -1.52. The fourth-order valence-electron chi connectivity index (χ4n) is 2.57. The van der Waals surface area contributed by atoms with Crippen LogP contribution in [0.15, 0.2) is 30.5 Å². The normalized spacial score (nSPS) is 15.8. The second kappa shape index (κ2) is 7.48. The summed E-state index contributed by atoms with van der Waals surface area (Å²) in [6.45, 7) is 4.24. The molecule has 4 N–H and O–H groups in total. The van der Waals surface area contributed by atoms with Crippen LogP contribution in [0, 0.1) is 0 Å². The lowest BCUT2D eigenvalue weighted by atomic mass is 9.89. The first-order valence-electron chi connectivity index (χ1n) is 7.86. The first-order chi connectivity index (χ1) is 10.1. The maximum atomic E-state index is 6.15. The standard InChI is InChI=1S/C17H26N4/c1-3-13(18)9-12(10-14(19)4-2)17-11-20-15-7-5-6-8-16(15)21-17/h5-8,11-14H,3-4,9-10,18-19H2,1-2H3. The van der Waals surface area contributed by atoms with Crippen molar-refractivity contribution in [3.8, 4) is 0 Å². The van der Waals surface area contributed by atoms with Gasteiger partial charge in [0.2, 0.25) is 0 Å². The molecule has 21 heavy (non-hydrogen) atoms. The molecule has 0 bridgehead atoms. The lowest BCUT2D eigenvalue weighted by Gasteiger charge is -2.22. The summed E-state index contributed by atoms with van der Waals surface area (Å²) in [7, 11) is 0. The Balaban J connectivity index is 2.27. The van der Waals surface area contributed by atoms with E-state index in [9.17, 15) is 0 Å². The van der Waals surface area contributed by atoms with Crippen LogP contribution in [0.25, 0.3) is 11.0 Å². The van der Waals surface area contributed by atoms with Crippen molar-refractivity contribution >= 4 is 11.0 Å². The molecule has 0 aliphatic heterocycles. The minimum absolute atomic E-state index is 0.187. The van der Waals surface area contributed by atoms with Gasteiger partial charge in [-0.3, -0.25) is 4.98 Å². The summed E-state index contributed by atoms with van der Waals surface area (Å²) in [6.07, 6.45) is 5.66. The number of para-hydroxylation sites is 2. The molecule has 0 fully saturated rings. The van der Waals surface area contributed by atoms with E-state index in [1.54, 1.807) is 0 Å². The van der Waals surface area contributed by atoms with Gasteiger partial charge in [-0.25, -0.2) is 4.98 Å². The Morgan fingerprint density at radius 3 is 2.10 bits per heavy atom. The average Bonchev–Trinajstić information content (AvgIpc) is 2.53. The second-order valence-corrected chi connectivity index (χ2v) is 5.79. The molecule has 2 unspecified atom stereocenters. The van der Waals surface area contributed by atoms with Crippen LogP contribution in [-0.2, 0) is 0 Å². The first-order valence-corrected chi connectivity index (χ1v) is 7.86. The molecule has 4 heteroatoms. The van der Waals surface area contributed by atoms with Crippen LogP contribution in [0.2, 0.25) is 0 Å². The van der Waals surface area contributed by atoms with Crippen molar-refractivity contribution in [3.05, 3.63) is 36.2 Å². The Bertz CT molecular complexity index is 557. The van der Waals surface area contributed by atoms with Crippen molar-refractivity contribution < 1.29 is 0 Å². The SMILES string of the molecule is CCC(N)CC(CC(N)CC)c1cnc2ccccc2n1. The Kier molecular flexibility index (Phi) is 5.65. The highest BCUT2D eigenvalue weighted by Gasteiger charge is 2.19. The maximum absolute atomic E-state index is 6.15. The van der Waals surface area contributed by atoms with E-state index in [4.69, 9.17) is 16.5 Å². The van der Waals surface area contributed by atoms with E-state index in [0.29, 0.717) is 0 Å². The van der Waals surface area contributed by atoms with E-state index in [2.05, 4.69) is 18.8 Å². The number of benzene rings is 1. The van der Waals surface area contributed by atoms with Gasteiger partial charge >= 0.3 is 0 Å². The van der Waals surface area contributed by atoms with Gasteiger partial charge in [0.05, 0.1) is 16.7 Å². The zero-order chi connectivity index (χ0) is 15.2. The summed E-state index contributed by atoms with van der Waals surface area (Å²) in [4.78, 5) is 9.30. The van der Waals surface area contributed by atoms with Crippen LogP contribution < -0.4 is 11.5 Å². The highest BCUT2D eigenvalue weighted by atomic mass is 14.8. The summed E-state index contributed by atoms with van der Waals surface area (Å²) in [6, 6.07) is 8.33. The van der Waals surface area contributed by atoms with Gasteiger partial charge in [-0.15, -0.1) is 0 Å². The van der Waals surface area contributed by atoms with E-state index in [-0.39, 0.29) is 18.0 Å². The minimum Gasteiger partial charge on any atom is -0.328 e. The molecule has 2 aromatic rings. The number of aromatic nitrogens is 2. The van der Waals surface area contributed by atoms with Crippen LogP contribution in [0.3, 0.4) is 0 Å². The average molecular weight is 286 g/mol. The number of hydrogen-bond donors (Lipinski definition) is 2. The fourth-order valence-corrected chi connectivity index (χ4v) is 2.57. The molecular formula is C17H26N4. The molecule has 0 aliphatic carbocycles. The highest BCUT2D eigenvalue weighted by Crippen LogP contribution is 2.26. The van der Waals surface area contributed by atoms with E-state index in [1.807, 2.05) is 30.5 Å². The molecular weight excluding hydrogens is 260 g/mol. The quantitative estimate of drug-likeness (QED) is 0.820. The van der Waals surface area contributed by atoms with Crippen molar-refractivity contribution in [2.75, 3.05) is 0 Å². The van der Waals surface area contributed by atoms with Gasteiger partial charge < -0.3 is 11.5 Å². The van der Waals surface area contributed by atoms with Crippen molar-refractivity contribution in [2.24, 2.45) is 11.5 Å². The molecule has 2 atom stereocenters. The number of nitrogens with zero attached hydrogens (tertiary/aromatic N) is 2. The van der Waals surface area contributed by atoms with Gasteiger partial charge in [0.15, 0.2) is 0 Å². The van der Waals surface area contributed by atoms with Gasteiger partial charge in [0.1, 0.15) is 0 Å². The lowest BCUT2D eigenvalue weighted by Crippen LogP contribution is -2.27. The molecule has 1 aromatic heterocycles. The van der Waals surface area contributed by atoms with E-state index >= 15 is 0 Å². The maximum Gasteiger partial charge on any atom is 0.0890 e. The molecule has 0 saturated carbocycles. The molecule has 1 aromatic carbocycles. The zero-order valence-corrected chi connectivity index (χ0v) is 13.0. The van der Waals surface area contributed by atoms with Crippen molar-refractivity contribution in [3.63, 3.8) is 0 Å². The predicted molar refractivity (Wildman–Crippen MR) is 88.0 cm³/mol. The third-order valence-electron chi connectivity index (χ3n) is 4.11. The van der Waals surface area contributed by atoms with Crippen LogP contribution in [-0.4, -0.2) is 22.1 Å². The van der Waals surface area contributed by atoms with E-state index in [1.165, 1.54) is 0 Å². The van der Waals surface area contributed by atoms with Crippen LogP contribution in [0.1, 0.15) is 51.1 Å². The van der Waals surface area contributed by atoms with Gasteiger partial charge in [-0.05, 0) is 37.8 Å². The summed E-state index contributed by atoms with van der Waals surface area (Å²) in [5.41, 5.74) is 15.2. The Morgan fingerprint density at radius 2 is 1.52 bits per heavy atom. The number of rotatable bonds is 7. The van der Waals surface area contributed by atoms with Crippen molar-refractivity contribution in [1.82, 2.24) is 9.97 Å². The largest absolute Gasteiger partial charge is 0.328 e. The monoisotopic (exact) mass is 286 g/mol. The minimum atomic E-state index is 0.187. The predicted octanol–water partition coefficient (Wildman–Crippen LogP) is 2.97. The fraction of sp³-hybridized carbons (Fsp3) is 0.529. The van der Waals surface area contributed by atoms with Gasteiger partial charge in [0, 0.05) is 24.2 Å². The molecule has 4 nitrogen and oxygen atoms in total. The lowest BCUT2D eigenvalue weighted by molar-refractivity contribution is 0.441. The highest BCUT2D eigenvalue weighted by molar-refractivity contribution is 5.73. The molecule has 0 amide bonds. The molecule has 0 radical (unpaired) electrons.